The second kappa shape index (κ2) is 6.20. The normalized spacial score (nSPS) is 13.5. The van der Waals surface area contributed by atoms with Crippen LogP contribution in [0, 0.1) is 0 Å². The highest BCUT2D eigenvalue weighted by molar-refractivity contribution is 6.27. The van der Waals surface area contributed by atoms with Gasteiger partial charge in [-0.3, -0.25) is 14.5 Å². The van der Waals surface area contributed by atoms with Crippen LogP contribution in [0.4, 0.5) is 5.69 Å². The lowest BCUT2D eigenvalue weighted by molar-refractivity contribution is -0.108. The summed E-state index contributed by atoms with van der Waals surface area (Å²) in [5.74, 6) is -0.822. The van der Waals surface area contributed by atoms with Gasteiger partial charge in [-0.25, -0.2) is 0 Å². The summed E-state index contributed by atoms with van der Waals surface area (Å²) in [5.41, 5.74) is 1.86. The summed E-state index contributed by atoms with van der Waals surface area (Å²) in [6.45, 7) is 2.75. The maximum absolute atomic E-state index is 12.5. The van der Waals surface area contributed by atoms with Crippen molar-refractivity contribution in [1.82, 2.24) is 4.90 Å². The largest absolute Gasteiger partial charge is 0.385 e. The fraction of sp³-hybridized carbons (Fsp3) is 0.278. The minimum Gasteiger partial charge on any atom is -0.385 e. The van der Waals surface area contributed by atoms with E-state index in [0.29, 0.717) is 22.8 Å². The summed E-state index contributed by atoms with van der Waals surface area (Å²) in [6, 6.07) is 9.01. The van der Waals surface area contributed by atoms with E-state index in [1.165, 1.54) is 0 Å². The highest BCUT2D eigenvalue weighted by Gasteiger charge is 2.32. The first-order valence-electron chi connectivity index (χ1n) is 7.78. The van der Waals surface area contributed by atoms with Crippen LogP contribution in [0.5, 0.6) is 0 Å². The van der Waals surface area contributed by atoms with E-state index in [-0.39, 0.29) is 6.54 Å². The third-order valence-corrected chi connectivity index (χ3v) is 4.09. The van der Waals surface area contributed by atoms with Crippen LogP contribution in [-0.4, -0.2) is 36.1 Å². The summed E-state index contributed by atoms with van der Waals surface area (Å²) < 4.78 is 0. The van der Waals surface area contributed by atoms with E-state index in [1.807, 2.05) is 12.1 Å². The maximum atomic E-state index is 12.5. The SMILES string of the molecule is CCCCNc1ccc2c3c(cccc13)C(=O)N(CC=O)C2=O. The molecule has 118 valence electrons. The Bertz CT molecular complexity index is 776. The summed E-state index contributed by atoms with van der Waals surface area (Å²) >= 11 is 0. The molecular formula is C18H18N2O3. The minimum atomic E-state index is -0.411. The lowest BCUT2D eigenvalue weighted by Gasteiger charge is -2.26. The zero-order chi connectivity index (χ0) is 16.4. The summed E-state index contributed by atoms with van der Waals surface area (Å²) in [4.78, 5) is 36.8. The van der Waals surface area contributed by atoms with Crippen LogP contribution in [0.2, 0.25) is 0 Å². The van der Waals surface area contributed by atoms with Crippen LogP contribution < -0.4 is 5.32 Å². The van der Waals surface area contributed by atoms with Gasteiger partial charge in [0, 0.05) is 34.1 Å². The van der Waals surface area contributed by atoms with Crippen molar-refractivity contribution in [3.05, 3.63) is 41.5 Å². The number of carbonyl (C=O) groups is 3. The first-order chi connectivity index (χ1) is 11.2. The quantitative estimate of drug-likeness (QED) is 0.506. The van der Waals surface area contributed by atoms with E-state index < -0.39 is 11.8 Å². The molecule has 1 N–H and O–H groups in total. The van der Waals surface area contributed by atoms with Crippen LogP contribution in [0.3, 0.4) is 0 Å². The highest BCUT2D eigenvalue weighted by Crippen LogP contribution is 2.34. The van der Waals surface area contributed by atoms with Gasteiger partial charge in [-0.15, -0.1) is 0 Å². The first kappa shape index (κ1) is 15.2. The molecule has 3 rings (SSSR count). The number of amides is 2. The zero-order valence-electron chi connectivity index (χ0n) is 13.0. The number of imide groups is 1. The van der Waals surface area contributed by atoms with E-state index in [4.69, 9.17) is 0 Å². The topological polar surface area (TPSA) is 66.5 Å². The smallest absolute Gasteiger partial charge is 0.261 e. The van der Waals surface area contributed by atoms with Crippen molar-refractivity contribution < 1.29 is 14.4 Å². The van der Waals surface area contributed by atoms with Crippen molar-refractivity contribution in [2.75, 3.05) is 18.4 Å². The summed E-state index contributed by atoms with van der Waals surface area (Å²) in [7, 11) is 0. The molecule has 0 spiro atoms. The average molecular weight is 310 g/mol. The Kier molecular flexibility index (Phi) is 4.10. The van der Waals surface area contributed by atoms with Gasteiger partial charge in [-0.1, -0.05) is 25.5 Å². The van der Waals surface area contributed by atoms with Crippen LogP contribution in [-0.2, 0) is 4.79 Å². The van der Waals surface area contributed by atoms with Crippen molar-refractivity contribution in [2.45, 2.75) is 19.8 Å². The van der Waals surface area contributed by atoms with Gasteiger partial charge in [-0.2, -0.15) is 0 Å². The summed E-state index contributed by atoms with van der Waals surface area (Å²) in [6.07, 6.45) is 2.71. The second-order valence-electron chi connectivity index (χ2n) is 5.56. The van der Waals surface area contributed by atoms with Crippen LogP contribution in [0.25, 0.3) is 10.8 Å². The molecular weight excluding hydrogens is 292 g/mol. The van der Waals surface area contributed by atoms with Gasteiger partial charge in [0.2, 0.25) is 0 Å². The molecule has 0 bridgehead atoms. The number of hydrogen-bond donors (Lipinski definition) is 1. The van der Waals surface area contributed by atoms with Crippen LogP contribution in [0.15, 0.2) is 30.3 Å². The van der Waals surface area contributed by atoms with Crippen molar-refractivity contribution in [3.63, 3.8) is 0 Å². The molecule has 0 radical (unpaired) electrons. The molecule has 2 aromatic carbocycles. The van der Waals surface area contributed by atoms with Crippen LogP contribution >= 0.6 is 0 Å². The van der Waals surface area contributed by atoms with Gasteiger partial charge >= 0.3 is 0 Å². The summed E-state index contributed by atoms with van der Waals surface area (Å²) in [5, 5.41) is 4.90. The molecule has 0 aliphatic carbocycles. The number of rotatable bonds is 6. The molecule has 2 amide bonds. The number of aldehydes is 1. The van der Waals surface area contributed by atoms with E-state index >= 15 is 0 Å². The van der Waals surface area contributed by atoms with E-state index in [9.17, 15) is 14.4 Å². The Balaban J connectivity index is 2.13. The van der Waals surface area contributed by atoms with Crippen molar-refractivity contribution in [2.24, 2.45) is 0 Å². The maximum Gasteiger partial charge on any atom is 0.261 e. The molecule has 0 fully saturated rings. The van der Waals surface area contributed by atoms with Crippen molar-refractivity contribution in [3.8, 4) is 0 Å². The predicted octanol–water partition coefficient (Wildman–Crippen LogP) is 2.85. The molecule has 1 heterocycles. The van der Waals surface area contributed by atoms with E-state index in [0.717, 1.165) is 35.4 Å². The number of unbranched alkanes of at least 4 members (excludes halogenated alkanes) is 1. The molecule has 0 saturated carbocycles. The van der Waals surface area contributed by atoms with E-state index in [2.05, 4.69) is 12.2 Å². The molecule has 1 aliphatic heterocycles. The number of carbonyl (C=O) groups excluding carboxylic acids is 3. The fourth-order valence-corrected chi connectivity index (χ4v) is 2.94. The van der Waals surface area contributed by atoms with Gasteiger partial charge in [0.1, 0.15) is 6.29 Å². The van der Waals surface area contributed by atoms with Crippen LogP contribution in [0.1, 0.15) is 40.5 Å². The first-order valence-corrected chi connectivity index (χ1v) is 7.78. The lowest BCUT2D eigenvalue weighted by atomic mass is 9.93. The predicted molar refractivity (Wildman–Crippen MR) is 88.8 cm³/mol. The zero-order valence-corrected chi connectivity index (χ0v) is 13.0. The standard InChI is InChI=1S/C18H18N2O3/c1-2-3-9-19-15-8-7-14-16-12(15)5-4-6-13(16)17(22)20(10-11-21)18(14)23/h4-8,11,19H,2-3,9-10H2,1H3. The Labute approximate surface area is 134 Å². The van der Waals surface area contributed by atoms with Gasteiger partial charge in [0.05, 0.1) is 6.54 Å². The van der Waals surface area contributed by atoms with Crippen molar-refractivity contribution >= 4 is 34.6 Å². The van der Waals surface area contributed by atoms with Gasteiger partial charge in [0.15, 0.2) is 0 Å². The van der Waals surface area contributed by atoms with E-state index in [1.54, 1.807) is 18.2 Å². The Morgan fingerprint density at radius 2 is 1.83 bits per heavy atom. The molecule has 5 nitrogen and oxygen atoms in total. The monoisotopic (exact) mass is 310 g/mol. The number of hydrogen-bond acceptors (Lipinski definition) is 4. The Morgan fingerprint density at radius 1 is 1.09 bits per heavy atom. The van der Waals surface area contributed by atoms with Crippen molar-refractivity contribution in [1.29, 1.82) is 0 Å². The molecule has 0 saturated heterocycles. The number of nitrogens with one attached hydrogen (secondary N) is 1. The Hall–Kier alpha value is -2.69. The minimum absolute atomic E-state index is 0.218. The van der Waals surface area contributed by atoms with Gasteiger partial charge in [0.25, 0.3) is 11.8 Å². The highest BCUT2D eigenvalue weighted by atomic mass is 16.2. The molecule has 2 aromatic rings. The van der Waals surface area contributed by atoms with Gasteiger partial charge in [-0.05, 0) is 24.6 Å². The lowest BCUT2D eigenvalue weighted by Crippen LogP contribution is -2.41. The second-order valence-corrected chi connectivity index (χ2v) is 5.56. The average Bonchev–Trinajstić information content (AvgIpc) is 2.57. The number of benzene rings is 2. The fourth-order valence-electron chi connectivity index (χ4n) is 2.94. The molecule has 0 unspecified atom stereocenters. The number of anilines is 1. The Morgan fingerprint density at radius 3 is 2.52 bits per heavy atom. The third kappa shape index (κ3) is 2.48. The third-order valence-electron chi connectivity index (χ3n) is 4.09. The number of nitrogens with zero attached hydrogens (tertiary/aromatic N) is 1. The molecule has 0 aromatic heterocycles. The molecule has 0 atom stereocenters. The molecule has 1 aliphatic rings. The molecule has 23 heavy (non-hydrogen) atoms. The van der Waals surface area contributed by atoms with Gasteiger partial charge < -0.3 is 10.1 Å². The molecule has 5 heteroatoms.